The van der Waals surface area contributed by atoms with Crippen molar-refractivity contribution in [3.8, 4) is 11.3 Å². The van der Waals surface area contributed by atoms with E-state index >= 15 is 0 Å². The van der Waals surface area contributed by atoms with Crippen molar-refractivity contribution in [3.05, 3.63) is 115 Å². The summed E-state index contributed by atoms with van der Waals surface area (Å²) < 4.78 is 1.07. The third-order valence-corrected chi connectivity index (χ3v) is 8.41. The van der Waals surface area contributed by atoms with E-state index in [1.165, 1.54) is 67.0 Å². The molecule has 2 aliphatic rings. The van der Waals surface area contributed by atoms with Gasteiger partial charge in [0.15, 0.2) is 0 Å². The molecule has 1 N–H and O–H groups in total. The first kappa shape index (κ1) is 24.2. The maximum atomic E-state index is 5.32. The number of H-pyrrole nitrogens is 1. The van der Waals surface area contributed by atoms with Gasteiger partial charge < -0.3 is 4.98 Å². The third-order valence-electron chi connectivity index (χ3n) is 7.92. The molecule has 1 aliphatic heterocycles. The smallest absolute Gasteiger partial charge is 0.0793 e. The van der Waals surface area contributed by atoms with Crippen LogP contribution in [0.5, 0.6) is 0 Å². The Kier molecular flexibility index (Phi) is 5.69. The maximum Gasteiger partial charge on any atom is 0.0793 e. The molecule has 0 amide bonds. The normalized spacial score (nSPS) is 15.1. The van der Waals surface area contributed by atoms with Crippen molar-refractivity contribution in [1.29, 1.82) is 0 Å². The summed E-state index contributed by atoms with van der Waals surface area (Å²) in [5.41, 5.74) is 17.8. The molecule has 6 rings (SSSR count). The first-order chi connectivity index (χ1) is 17.7. The van der Waals surface area contributed by atoms with E-state index in [2.05, 4.69) is 123 Å². The van der Waals surface area contributed by atoms with E-state index in [-0.39, 0.29) is 5.41 Å². The number of aromatic amines is 1. The summed E-state index contributed by atoms with van der Waals surface area (Å²) in [6, 6.07) is 20.0. The predicted octanol–water partition coefficient (Wildman–Crippen LogP) is 9.17. The van der Waals surface area contributed by atoms with Gasteiger partial charge in [-0.25, -0.2) is 4.99 Å². The molecule has 37 heavy (non-hydrogen) atoms. The topological polar surface area (TPSA) is 28.1 Å². The summed E-state index contributed by atoms with van der Waals surface area (Å²) in [5, 5.41) is 0. The second-order valence-electron chi connectivity index (χ2n) is 11.5. The second kappa shape index (κ2) is 8.70. The zero-order valence-corrected chi connectivity index (χ0v) is 24.1. The average Bonchev–Trinajstić information content (AvgIpc) is 3.48. The number of aliphatic imine (C=N–C) groups is 1. The largest absolute Gasteiger partial charge is 0.354 e. The number of nitrogens with zero attached hydrogens (tertiary/aromatic N) is 1. The number of nitrogens with one attached hydrogen (secondary N) is 1. The number of benzene rings is 3. The SMILES string of the molecule is CCc1c(/C=C2\N=C(c3c(C)cc(C(C)(C)C)cc3C)c3ccc(Br)cc32)[nH]c2c1Cc1ccccc1-2. The first-order valence-corrected chi connectivity index (χ1v) is 14.0. The Morgan fingerprint density at radius 3 is 2.38 bits per heavy atom. The van der Waals surface area contributed by atoms with Crippen molar-refractivity contribution in [2.75, 3.05) is 0 Å². The predicted molar refractivity (Wildman–Crippen MR) is 161 cm³/mol. The zero-order chi connectivity index (χ0) is 26.1. The van der Waals surface area contributed by atoms with Crippen LogP contribution < -0.4 is 0 Å². The summed E-state index contributed by atoms with van der Waals surface area (Å²) in [4.78, 5) is 9.10. The van der Waals surface area contributed by atoms with Crippen LogP contribution in [0.3, 0.4) is 0 Å². The standard InChI is InChI=1S/C34H33BrN2/c1-7-24-28-16-21-10-8-9-11-25(21)32(28)36-29(24)18-30-27-17-23(35)12-13-26(27)33(37-30)31-19(2)14-22(15-20(31)3)34(4,5)6/h8-15,17-18,36H,7,16H2,1-6H3/b30-18-. The van der Waals surface area contributed by atoms with Gasteiger partial charge in [-0.1, -0.05) is 86.1 Å². The van der Waals surface area contributed by atoms with E-state index in [1.807, 2.05) is 0 Å². The van der Waals surface area contributed by atoms with Crippen LogP contribution in [0.1, 0.15) is 83.5 Å². The van der Waals surface area contributed by atoms with Crippen molar-refractivity contribution in [3.63, 3.8) is 0 Å². The van der Waals surface area contributed by atoms with Crippen LogP contribution in [0.25, 0.3) is 23.0 Å². The van der Waals surface area contributed by atoms with Crippen LogP contribution in [0.4, 0.5) is 0 Å². The molecule has 0 saturated carbocycles. The van der Waals surface area contributed by atoms with E-state index in [0.29, 0.717) is 0 Å². The number of aromatic nitrogens is 1. The lowest BCUT2D eigenvalue weighted by atomic mass is 9.82. The molecule has 0 atom stereocenters. The average molecular weight is 550 g/mol. The highest BCUT2D eigenvalue weighted by Gasteiger charge is 2.28. The van der Waals surface area contributed by atoms with Gasteiger partial charge in [0.25, 0.3) is 0 Å². The lowest BCUT2D eigenvalue weighted by molar-refractivity contribution is 0.589. The van der Waals surface area contributed by atoms with Crippen LogP contribution in [0, 0.1) is 13.8 Å². The molecule has 0 bridgehead atoms. The van der Waals surface area contributed by atoms with Gasteiger partial charge in [-0.15, -0.1) is 0 Å². The van der Waals surface area contributed by atoms with Gasteiger partial charge in [0.2, 0.25) is 0 Å². The minimum absolute atomic E-state index is 0.114. The number of hydrogen-bond donors (Lipinski definition) is 1. The van der Waals surface area contributed by atoms with Crippen molar-refractivity contribution in [1.82, 2.24) is 4.98 Å². The first-order valence-electron chi connectivity index (χ1n) is 13.2. The minimum atomic E-state index is 0.114. The van der Waals surface area contributed by atoms with Gasteiger partial charge in [-0.2, -0.15) is 0 Å². The van der Waals surface area contributed by atoms with Crippen LogP contribution in [-0.2, 0) is 18.3 Å². The number of hydrogen-bond acceptors (Lipinski definition) is 1. The van der Waals surface area contributed by atoms with Crippen LogP contribution in [0.15, 0.2) is 64.1 Å². The number of rotatable bonds is 3. The highest BCUT2D eigenvalue weighted by atomic mass is 79.9. The molecule has 0 saturated heterocycles. The lowest BCUT2D eigenvalue weighted by Crippen LogP contribution is -2.14. The molecular formula is C34H33BrN2. The molecule has 0 spiro atoms. The van der Waals surface area contributed by atoms with Gasteiger partial charge in [-0.05, 0) is 77.3 Å². The quantitative estimate of drug-likeness (QED) is 0.232. The molecule has 2 nitrogen and oxygen atoms in total. The van der Waals surface area contributed by atoms with E-state index < -0.39 is 0 Å². The molecule has 3 heteroatoms. The molecule has 0 unspecified atom stereocenters. The van der Waals surface area contributed by atoms with Crippen molar-refractivity contribution in [2.45, 2.75) is 59.8 Å². The summed E-state index contributed by atoms with van der Waals surface area (Å²) >= 11 is 3.71. The molecule has 0 fully saturated rings. The molecule has 3 aromatic carbocycles. The molecular weight excluding hydrogens is 516 g/mol. The Morgan fingerprint density at radius 2 is 1.68 bits per heavy atom. The number of fused-ring (bicyclic) bond motifs is 4. The van der Waals surface area contributed by atoms with E-state index in [1.54, 1.807) is 0 Å². The number of aryl methyl sites for hydroxylation is 2. The van der Waals surface area contributed by atoms with Crippen molar-refractivity contribution >= 4 is 33.4 Å². The van der Waals surface area contributed by atoms with E-state index in [0.717, 1.165) is 28.7 Å². The molecule has 4 aromatic rings. The van der Waals surface area contributed by atoms with Crippen LogP contribution in [0.2, 0.25) is 0 Å². The highest BCUT2D eigenvalue weighted by Crippen LogP contribution is 2.42. The van der Waals surface area contributed by atoms with Crippen molar-refractivity contribution < 1.29 is 0 Å². The summed E-state index contributed by atoms with van der Waals surface area (Å²) in [6.45, 7) is 13.5. The molecule has 1 aliphatic carbocycles. The molecule has 2 heterocycles. The highest BCUT2D eigenvalue weighted by molar-refractivity contribution is 9.10. The van der Waals surface area contributed by atoms with Gasteiger partial charge >= 0.3 is 0 Å². The Morgan fingerprint density at radius 1 is 0.946 bits per heavy atom. The maximum absolute atomic E-state index is 5.32. The fourth-order valence-electron chi connectivity index (χ4n) is 6.04. The second-order valence-corrected chi connectivity index (χ2v) is 12.4. The summed E-state index contributed by atoms with van der Waals surface area (Å²) in [6.07, 6.45) is 4.27. The fraction of sp³-hybridized carbons (Fsp3) is 0.265. The Bertz CT molecular complexity index is 1620. The third kappa shape index (κ3) is 3.95. The monoisotopic (exact) mass is 548 g/mol. The Hall–Kier alpha value is -3.17. The van der Waals surface area contributed by atoms with Gasteiger partial charge in [0, 0.05) is 44.5 Å². The van der Waals surface area contributed by atoms with E-state index in [9.17, 15) is 0 Å². The summed E-state index contributed by atoms with van der Waals surface area (Å²) in [5.74, 6) is 0. The Balaban J connectivity index is 1.52. The van der Waals surface area contributed by atoms with Crippen LogP contribution >= 0.6 is 15.9 Å². The minimum Gasteiger partial charge on any atom is -0.354 e. The lowest BCUT2D eigenvalue weighted by Gasteiger charge is -2.22. The molecule has 1 aromatic heterocycles. The van der Waals surface area contributed by atoms with Gasteiger partial charge in [-0.3, -0.25) is 0 Å². The van der Waals surface area contributed by atoms with Crippen molar-refractivity contribution in [2.24, 2.45) is 4.99 Å². The zero-order valence-electron chi connectivity index (χ0n) is 22.5. The van der Waals surface area contributed by atoms with Crippen LogP contribution in [-0.4, -0.2) is 10.7 Å². The van der Waals surface area contributed by atoms with Gasteiger partial charge in [0.1, 0.15) is 0 Å². The fourth-order valence-corrected chi connectivity index (χ4v) is 6.40. The Labute approximate surface area is 228 Å². The molecule has 0 radical (unpaired) electrons. The van der Waals surface area contributed by atoms with Gasteiger partial charge in [0.05, 0.1) is 11.4 Å². The molecule has 186 valence electrons. The number of halogens is 1. The summed E-state index contributed by atoms with van der Waals surface area (Å²) in [7, 11) is 0. The van der Waals surface area contributed by atoms with E-state index in [4.69, 9.17) is 4.99 Å².